The number of alkyl halides is 1. The topological polar surface area (TPSA) is 57.6 Å². The second kappa shape index (κ2) is 7.02. The van der Waals surface area contributed by atoms with E-state index in [4.69, 9.17) is 0 Å². The predicted octanol–water partition coefficient (Wildman–Crippen LogP) is 2.02. The zero-order valence-electron chi connectivity index (χ0n) is 11.3. The molecule has 0 bridgehead atoms. The van der Waals surface area contributed by atoms with Crippen LogP contribution in [-0.4, -0.2) is 42.9 Å². The maximum Gasteiger partial charge on any atom is 0.243 e. The van der Waals surface area contributed by atoms with Gasteiger partial charge in [-0.1, -0.05) is 28.1 Å². The molecule has 4 nitrogen and oxygen atoms in total. The van der Waals surface area contributed by atoms with E-state index in [0.29, 0.717) is 18.0 Å². The van der Waals surface area contributed by atoms with Crippen LogP contribution in [0, 0.1) is 5.92 Å². The summed E-state index contributed by atoms with van der Waals surface area (Å²) in [6.07, 6.45) is 2.59. The van der Waals surface area contributed by atoms with E-state index in [1.54, 1.807) is 12.1 Å². The molecule has 0 spiro atoms. The van der Waals surface area contributed by atoms with Crippen molar-refractivity contribution in [3.63, 3.8) is 0 Å². The van der Waals surface area contributed by atoms with Gasteiger partial charge in [-0.05, 0) is 42.9 Å². The molecular weight excluding hydrogens is 342 g/mol. The van der Waals surface area contributed by atoms with Crippen LogP contribution in [0.25, 0.3) is 0 Å². The molecule has 1 aliphatic heterocycles. The molecule has 6 heteroatoms. The van der Waals surface area contributed by atoms with E-state index in [1.807, 2.05) is 12.1 Å². The van der Waals surface area contributed by atoms with Crippen molar-refractivity contribution in [2.45, 2.75) is 24.2 Å². The Balaban J connectivity index is 2.16. The summed E-state index contributed by atoms with van der Waals surface area (Å²) in [5.41, 5.74) is 1.12. The molecule has 112 valence electrons. The highest BCUT2D eigenvalue weighted by Gasteiger charge is 2.29. The average Bonchev–Trinajstić information content (AvgIpc) is 2.48. The maximum absolute atomic E-state index is 12.6. The molecule has 1 aliphatic rings. The van der Waals surface area contributed by atoms with Gasteiger partial charge in [-0.25, -0.2) is 8.42 Å². The molecule has 1 atom stereocenters. The van der Waals surface area contributed by atoms with Crippen LogP contribution in [0.1, 0.15) is 18.4 Å². The van der Waals surface area contributed by atoms with Crippen LogP contribution >= 0.6 is 15.9 Å². The number of rotatable bonds is 5. The second-order valence-corrected chi connectivity index (χ2v) is 7.87. The third-order valence-electron chi connectivity index (χ3n) is 3.68. The summed E-state index contributed by atoms with van der Waals surface area (Å²) >= 11 is 3.37. The smallest absolute Gasteiger partial charge is 0.243 e. The molecule has 0 aromatic heterocycles. The van der Waals surface area contributed by atoms with E-state index in [2.05, 4.69) is 15.9 Å². The lowest BCUT2D eigenvalue weighted by molar-refractivity contribution is 0.165. The van der Waals surface area contributed by atoms with Gasteiger partial charge in [0.25, 0.3) is 0 Å². The predicted molar refractivity (Wildman–Crippen MR) is 82.5 cm³/mol. The molecule has 1 fully saturated rings. The third-order valence-corrected chi connectivity index (χ3v) is 5.96. The van der Waals surface area contributed by atoms with E-state index in [9.17, 15) is 13.5 Å². The minimum atomic E-state index is -3.43. The molecule has 0 saturated carbocycles. The van der Waals surface area contributed by atoms with E-state index in [0.717, 1.165) is 30.2 Å². The number of aryl methyl sites for hydroxylation is 1. The summed E-state index contributed by atoms with van der Waals surface area (Å²) < 4.78 is 26.6. The van der Waals surface area contributed by atoms with Crippen LogP contribution in [0.2, 0.25) is 0 Å². The summed E-state index contributed by atoms with van der Waals surface area (Å²) in [7, 11) is -3.43. The van der Waals surface area contributed by atoms with Gasteiger partial charge in [0.15, 0.2) is 0 Å². The first-order valence-electron chi connectivity index (χ1n) is 6.84. The van der Waals surface area contributed by atoms with Crippen LogP contribution in [0.4, 0.5) is 0 Å². The van der Waals surface area contributed by atoms with Gasteiger partial charge >= 0.3 is 0 Å². The zero-order chi connectivity index (χ0) is 14.6. The standard InChI is InChI=1S/C14H20BrNO3S/c15-8-7-12-3-5-14(6-4-12)20(18,19)16-9-1-2-13(10-16)11-17/h3-6,13,17H,1-2,7-11H2. The van der Waals surface area contributed by atoms with Crippen molar-refractivity contribution in [1.82, 2.24) is 4.31 Å². The van der Waals surface area contributed by atoms with Crippen LogP contribution in [0.5, 0.6) is 0 Å². The average molecular weight is 362 g/mol. The lowest BCUT2D eigenvalue weighted by Gasteiger charge is -2.30. The van der Waals surface area contributed by atoms with Crippen LogP contribution < -0.4 is 0 Å². The Bertz CT molecular complexity index is 530. The summed E-state index contributed by atoms with van der Waals surface area (Å²) in [4.78, 5) is 0.342. The lowest BCUT2D eigenvalue weighted by atomic mass is 10.0. The normalized spacial score (nSPS) is 21.0. The quantitative estimate of drug-likeness (QED) is 0.816. The van der Waals surface area contributed by atoms with Gasteiger partial charge in [0, 0.05) is 25.0 Å². The number of aliphatic hydroxyl groups is 1. The molecule has 1 unspecified atom stereocenters. The molecule has 1 heterocycles. The minimum absolute atomic E-state index is 0.0518. The molecule has 1 N–H and O–H groups in total. The molecule has 1 aromatic rings. The summed E-state index contributed by atoms with van der Waals surface area (Å²) in [5, 5.41) is 10.1. The first-order chi connectivity index (χ1) is 9.57. The van der Waals surface area contributed by atoms with Crippen molar-refractivity contribution in [2.24, 2.45) is 5.92 Å². The Morgan fingerprint density at radius 1 is 1.30 bits per heavy atom. The number of benzene rings is 1. The fourth-order valence-corrected chi connectivity index (χ4v) is 4.49. The van der Waals surface area contributed by atoms with Crippen LogP contribution in [0.15, 0.2) is 29.2 Å². The van der Waals surface area contributed by atoms with E-state index in [1.165, 1.54) is 4.31 Å². The van der Waals surface area contributed by atoms with Gasteiger partial charge in [0.1, 0.15) is 0 Å². The first kappa shape index (κ1) is 15.9. The van der Waals surface area contributed by atoms with Gasteiger partial charge in [-0.2, -0.15) is 4.31 Å². The van der Waals surface area contributed by atoms with Gasteiger partial charge in [0.05, 0.1) is 4.90 Å². The van der Waals surface area contributed by atoms with E-state index < -0.39 is 10.0 Å². The molecule has 0 aliphatic carbocycles. The van der Waals surface area contributed by atoms with Crippen molar-refractivity contribution in [1.29, 1.82) is 0 Å². The Hall–Kier alpha value is -0.430. The van der Waals surface area contributed by atoms with E-state index >= 15 is 0 Å². The summed E-state index contributed by atoms with van der Waals surface area (Å²) in [6.45, 7) is 1.01. The summed E-state index contributed by atoms with van der Waals surface area (Å²) in [5.74, 6) is 0.0613. The first-order valence-corrected chi connectivity index (χ1v) is 9.40. The fourth-order valence-electron chi connectivity index (χ4n) is 2.48. The van der Waals surface area contributed by atoms with Gasteiger partial charge in [0.2, 0.25) is 10.0 Å². The third kappa shape index (κ3) is 3.61. The molecule has 1 aromatic carbocycles. The van der Waals surface area contributed by atoms with Crippen LogP contribution in [0.3, 0.4) is 0 Å². The maximum atomic E-state index is 12.6. The largest absolute Gasteiger partial charge is 0.396 e. The van der Waals surface area contributed by atoms with Crippen LogP contribution in [-0.2, 0) is 16.4 Å². The Morgan fingerprint density at radius 2 is 2.00 bits per heavy atom. The number of sulfonamides is 1. The molecule has 0 amide bonds. The summed E-state index contributed by atoms with van der Waals surface area (Å²) in [6, 6.07) is 7.08. The number of aliphatic hydroxyl groups excluding tert-OH is 1. The highest BCUT2D eigenvalue weighted by Crippen LogP contribution is 2.23. The van der Waals surface area contributed by atoms with Crippen molar-refractivity contribution in [2.75, 3.05) is 25.0 Å². The highest BCUT2D eigenvalue weighted by atomic mass is 79.9. The van der Waals surface area contributed by atoms with Crippen molar-refractivity contribution >= 4 is 26.0 Å². The fraction of sp³-hybridized carbons (Fsp3) is 0.571. The number of hydrogen-bond donors (Lipinski definition) is 1. The zero-order valence-corrected chi connectivity index (χ0v) is 13.7. The number of piperidine rings is 1. The number of hydrogen-bond acceptors (Lipinski definition) is 3. The van der Waals surface area contributed by atoms with E-state index in [-0.39, 0.29) is 12.5 Å². The van der Waals surface area contributed by atoms with Crippen molar-refractivity contribution < 1.29 is 13.5 Å². The van der Waals surface area contributed by atoms with Crippen molar-refractivity contribution in [3.05, 3.63) is 29.8 Å². The molecular formula is C14H20BrNO3S. The van der Waals surface area contributed by atoms with Gasteiger partial charge in [-0.15, -0.1) is 0 Å². The Morgan fingerprint density at radius 3 is 2.60 bits per heavy atom. The molecule has 20 heavy (non-hydrogen) atoms. The Labute approximate surface area is 129 Å². The van der Waals surface area contributed by atoms with Gasteiger partial charge < -0.3 is 5.11 Å². The Kier molecular flexibility index (Phi) is 5.60. The van der Waals surface area contributed by atoms with Gasteiger partial charge in [-0.3, -0.25) is 0 Å². The molecule has 0 radical (unpaired) electrons. The number of nitrogens with zero attached hydrogens (tertiary/aromatic N) is 1. The van der Waals surface area contributed by atoms with Crippen molar-refractivity contribution in [3.8, 4) is 0 Å². The highest BCUT2D eigenvalue weighted by molar-refractivity contribution is 9.09. The monoisotopic (exact) mass is 361 g/mol. The second-order valence-electron chi connectivity index (χ2n) is 5.14. The molecule has 1 saturated heterocycles. The SMILES string of the molecule is O=S(=O)(c1ccc(CCBr)cc1)N1CCCC(CO)C1. The minimum Gasteiger partial charge on any atom is -0.396 e. The molecule has 2 rings (SSSR count). The number of halogens is 1. The lowest BCUT2D eigenvalue weighted by Crippen LogP contribution is -2.40.